The summed E-state index contributed by atoms with van der Waals surface area (Å²) in [6.07, 6.45) is 5.07. The van der Waals surface area contributed by atoms with E-state index in [1.54, 1.807) is 7.11 Å². The number of hydrogen-bond acceptors (Lipinski definition) is 3. The predicted molar refractivity (Wildman–Crippen MR) is 75.9 cm³/mol. The molecule has 1 N–H and O–H groups in total. The second-order valence-electron chi connectivity index (χ2n) is 6.28. The molecule has 1 aliphatic carbocycles. The monoisotopic (exact) mass is 257 g/mol. The second-order valence-corrected chi connectivity index (χ2v) is 6.28. The van der Waals surface area contributed by atoms with Crippen molar-refractivity contribution in [3.8, 4) is 0 Å². The molecule has 1 saturated carbocycles. The number of methoxy groups -OCH3 is 1. The lowest BCUT2D eigenvalue weighted by Gasteiger charge is -2.41. The average Bonchev–Trinajstić information content (AvgIpc) is 2.31. The van der Waals surface area contributed by atoms with Crippen LogP contribution in [0.25, 0.3) is 0 Å². The molecular weight excluding hydrogens is 226 g/mol. The Balaban J connectivity index is 2.56. The summed E-state index contributed by atoms with van der Waals surface area (Å²) in [4.78, 5) is 0. The Morgan fingerprint density at radius 2 is 1.83 bits per heavy atom. The first-order chi connectivity index (χ1) is 8.47. The van der Waals surface area contributed by atoms with Crippen molar-refractivity contribution in [1.29, 1.82) is 0 Å². The molecule has 1 fully saturated rings. The molecule has 3 heteroatoms. The Hall–Kier alpha value is -0.120. The largest absolute Gasteiger partial charge is 0.382 e. The van der Waals surface area contributed by atoms with E-state index in [1.807, 2.05) is 0 Å². The van der Waals surface area contributed by atoms with Crippen LogP contribution in [0.5, 0.6) is 0 Å². The summed E-state index contributed by atoms with van der Waals surface area (Å²) in [5.41, 5.74) is 0.0225. The highest BCUT2D eigenvalue weighted by atomic mass is 16.5. The van der Waals surface area contributed by atoms with Crippen molar-refractivity contribution >= 4 is 0 Å². The van der Waals surface area contributed by atoms with Crippen molar-refractivity contribution in [1.82, 2.24) is 5.32 Å². The number of rotatable bonds is 7. The zero-order valence-electron chi connectivity index (χ0n) is 12.8. The molecule has 18 heavy (non-hydrogen) atoms. The third kappa shape index (κ3) is 5.25. The fourth-order valence-corrected chi connectivity index (χ4v) is 2.71. The van der Waals surface area contributed by atoms with E-state index in [2.05, 4.69) is 33.0 Å². The Kier molecular flexibility index (Phi) is 6.61. The lowest BCUT2D eigenvalue weighted by Crippen LogP contribution is -2.49. The molecule has 0 amide bonds. The lowest BCUT2D eigenvalue weighted by molar-refractivity contribution is -0.127. The van der Waals surface area contributed by atoms with Crippen LogP contribution < -0.4 is 5.32 Å². The third-order valence-electron chi connectivity index (χ3n) is 3.87. The van der Waals surface area contributed by atoms with Crippen molar-refractivity contribution in [2.45, 2.75) is 71.1 Å². The van der Waals surface area contributed by atoms with Gasteiger partial charge < -0.3 is 14.8 Å². The zero-order valence-corrected chi connectivity index (χ0v) is 12.8. The van der Waals surface area contributed by atoms with E-state index >= 15 is 0 Å². The van der Waals surface area contributed by atoms with E-state index < -0.39 is 0 Å². The molecule has 0 spiro atoms. The smallest absolute Gasteiger partial charge is 0.0811 e. The Morgan fingerprint density at radius 3 is 2.33 bits per heavy atom. The van der Waals surface area contributed by atoms with Gasteiger partial charge in [0.1, 0.15) is 0 Å². The standard InChI is InChI=1S/C15H31NO2/c1-12(2)16-11-15(18-14(4)10-17-5)8-6-13(3)7-9-15/h12-14,16H,6-11H2,1-5H3. The molecule has 108 valence electrons. The van der Waals surface area contributed by atoms with Crippen LogP contribution in [0, 0.1) is 5.92 Å². The van der Waals surface area contributed by atoms with Gasteiger partial charge in [-0.3, -0.25) is 0 Å². The maximum Gasteiger partial charge on any atom is 0.0811 e. The zero-order chi connectivity index (χ0) is 13.6. The molecule has 0 aromatic heterocycles. The van der Waals surface area contributed by atoms with E-state index in [0.29, 0.717) is 12.6 Å². The minimum atomic E-state index is 0.0225. The highest BCUT2D eigenvalue weighted by Gasteiger charge is 2.36. The molecule has 0 bridgehead atoms. The summed E-state index contributed by atoms with van der Waals surface area (Å²) >= 11 is 0. The van der Waals surface area contributed by atoms with Gasteiger partial charge in [0.2, 0.25) is 0 Å². The maximum atomic E-state index is 6.33. The first kappa shape index (κ1) is 15.9. The molecule has 1 rings (SSSR count). The summed E-state index contributed by atoms with van der Waals surface area (Å²) in [5.74, 6) is 0.846. The van der Waals surface area contributed by atoms with Gasteiger partial charge in [-0.2, -0.15) is 0 Å². The molecule has 1 aliphatic rings. The molecule has 3 nitrogen and oxygen atoms in total. The van der Waals surface area contributed by atoms with Gasteiger partial charge in [-0.25, -0.2) is 0 Å². The van der Waals surface area contributed by atoms with Crippen LogP contribution >= 0.6 is 0 Å². The lowest BCUT2D eigenvalue weighted by atomic mass is 9.79. The van der Waals surface area contributed by atoms with Crippen LogP contribution in [-0.4, -0.2) is 38.0 Å². The highest BCUT2D eigenvalue weighted by molar-refractivity contribution is 4.89. The fraction of sp³-hybridized carbons (Fsp3) is 1.00. The Morgan fingerprint density at radius 1 is 1.22 bits per heavy atom. The minimum Gasteiger partial charge on any atom is -0.382 e. The summed E-state index contributed by atoms with van der Waals surface area (Å²) in [6.45, 7) is 10.5. The van der Waals surface area contributed by atoms with Crippen molar-refractivity contribution in [2.75, 3.05) is 20.3 Å². The molecule has 0 aromatic carbocycles. The van der Waals surface area contributed by atoms with Gasteiger partial charge in [0.15, 0.2) is 0 Å². The maximum absolute atomic E-state index is 6.33. The van der Waals surface area contributed by atoms with E-state index in [-0.39, 0.29) is 11.7 Å². The molecule has 0 aliphatic heterocycles. The van der Waals surface area contributed by atoms with Crippen LogP contribution in [-0.2, 0) is 9.47 Å². The van der Waals surface area contributed by atoms with Crippen molar-refractivity contribution in [3.05, 3.63) is 0 Å². The van der Waals surface area contributed by atoms with Gasteiger partial charge in [-0.05, 0) is 38.5 Å². The van der Waals surface area contributed by atoms with Gasteiger partial charge in [0.25, 0.3) is 0 Å². The van der Waals surface area contributed by atoms with Crippen LogP contribution in [0.1, 0.15) is 53.4 Å². The van der Waals surface area contributed by atoms with E-state index in [0.717, 1.165) is 12.5 Å². The average molecular weight is 257 g/mol. The van der Waals surface area contributed by atoms with Gasteiger partial charge in [-0.1, -0.05) is 20.8 Å². The van der Waals surface area contributed by atoms with Crippen molar-refractivity contribution in [3.63, 3.8) is 0 Å². The fourth-order valence-electron chi connectivity index (χ4n) is 2.71. The number of nitrogens with one attached hydrogen (secondary N) is 1. The molecule has 0 radical (unpaired) electrons. The summed E-state index contributed by atoms with van der Waals surface area (Å²) in [5, 5.41) is 3.55. The topological polar surface area (TPSA) is 30.5 Å². The van der Waals surface area contributed by atoms with Crippen LogP contribution in [0.2, 0.25) is 0 Å². The van der Waals surface area contributed by atoms with Gasteiger partial charge in [0.05, 0.1) is 18.3 Å². The van der Waals surface area contributed by atoms with Crippen LogP contribution in [0.4, 0.5) is 0 Å². The van der Waals surface area contributed by atoms with Crippen molar-refractivity contribution < 1.29 is 9.47 Å². The molecule has 0 saturated heterocycles. The number of ether oxygens (including phenoxy) is 2. The first-order valence-corrected chi connectivity index (χ1v) is 7.37. The van der Waals surface area contributed by atoms with Crippen LogP contribution in [0.3, 0.4) is 0 Å². The second kappa shape index (κ2) is 7.46. The predicted octanol–water partition coefficient (Wildman–Crippen LogP) is 2.98. The Labute approximate surface area is 113 Å². The van der Waals surface area contributed by atoms with Crippen LogP contribution in [0.15, 0.2) is 0 Å². The van der Waals surface area contributed by atoms with E-state index in [1.165, 1.54) is 25.7 Å². The molecular formula is C15H31NO2. The molecule has 1 atom stereocenters. The quantitative estimate of drug-likeness (QED) is 0.760. The summed E-state index contributed by atoms with van der Waals surface area (Å²) in [7, 11) is 1.74. The third-order valence-corrected chi connectivity index (χ3v) is 3.87. The number of hydrogen-bond donors (Lipinski definition) is 1. The minimum absolute atomic E-state index is 0.0225. The molecule has 1 unspecified atom stereocenters. The normalized spacial score (nSPS) is 30.7. The Bertz CT molecular complexity index is 223. The SMILES string of the molecule is COCC(C)OC1(CNC(C)C)CCC(C)CC1. The van der Waals surface area contributed by atoms with Crippen molar-refractivity contribution in [2.24, 2.45) is 5.92 Å². The first-order valence-electron chi connectivity index (χ1n) is 7.37. The van der Waals surface area contributed by atoms with E-state index in [4.69, 9.17) is 9.47 Å². The summed E-state index contributed by atoms with van der Waals surface area (Å²) < 4.78 is 11.5. The molecule has 0 aromatic rings. The van der Waals surface area contributed by atoms with Gasteiger partial charge in [-0.15, -0.1) is 0 Å². The van der Waals surface area contributed by atoms with E-state index in [9.17, 15) is 0 Å². The van der Waals surface area contributed by atoms with Gasteiger partial charge in [0, 0.05) is 19.7 Å². The molecule has 0 heterocycles. The van der Waals surface area contributed by atoms with Gasteiger partial charge >= 0.3 is 0 Å². The highest BCUT2D eigenvalue weighted by Crippen LogP contribution is 2.35. The summed E-state index contributed by atoms with van der Waals surface area (Å²) in [6, 6.07) is 0.516.